The monoisotopic (exact) mass is 499 g/mol. The summed E-state index contributed by atoms with van der Waals surface area (Å²) in [6.07, 6.45) is 2.71. The number of aryl methyl sites for hydroxylation is 3. The van der Waals surface area contributed by atoms with E-state index in [9.17, 15) is 22.0 Å². The predicted octanol–water partition coefficient (Wildman–Crippen LogP) is 8.63. The first kappa shape index (κ1) is 25.5. The van der Waals surface area contributed by atoms with Gasteiger partial charge in [0.1, 0.15) is 23.0 Å². The van der Waals surface area contributed by atoms with E-state index in [0.717, 1.165) is 29.7 Å². The molecule has 0 aliphatic rings. The molecule has 4 rings (SSSR count). The van der Waals surface area contributed by atoms with E-state index in [1.54, 1.807) is 24.3 Å². The number of halogens is 6. The Labute approximate surface area is 205 Å². The van der Waals surface area contributed by atoms with Gasteiger partial charge in [-0.1, -0.05) is 42.5 Å². The van der Waals surface area contributed by atoms with E-state index in [0.29, 0.717) is 28.5 Å². The zero-order chi connectivity index (χ0) is 25.9. The molecule has 0 spiro atoms. The van der Waals surface area contributed by atoms with Crippen LogP contribution in [0.25, 0.3) is 22.0 Å². The molecule has 0 fully saturated rings. The summed E-state index contributed by atoms with van der Waals surface area (Å²) in [5, 5.41) is 1.04. The Morgan fingerprint density at radius 2 is 1.56 bits per heavy atom. The largest absolute Gasteiger partial charge is 0.422 e. The van der Waals surface area contributed by atoms with Crippen molar-refractivity contribution in [1.29, 1.82) is 0 Å². The fourth-order valence-corrected chi connectivity index (χ4v) is 4.17. The molecule has 0 saturated carbocycles. The van der Waals surface area contributed by atoms with Crippen molar-refractivity contribution in [2.45, 2.75) is 38.8 Å². The normalized spacial score (nSPS) is 12.1. The second kappa shape index (κ2) is 10.6. The summed E-state index contributed by atoms with van der Waals surface area (Å²) in [5.41, 5.74) is 1.14. The van der Waals surface area contributed by atoms with Gasteiger partial charge in [-0.25, -0.2) is 13.2 Å². The quantitative estimate of drug-likeness (QED) is 0.183. The van der Waals surface area contributed by atoms with Crippen molar-refractivity contribution in [3.8, 4) is 11.3 Å². The van der Waals surface area contributed by atoms with Gasteiger partial charge in [-0.2, -0.15) is 13.2 Å². The molecular formula is C29H23F6N. The van der Waals surface area contributed by atoms with E-state index >= 15 is 4.39 Å². The van der Waals surface area contributed by atoms with Crippen molar-refractivity contribution in [2.24, 2.45) is 0 Å². The smallest absolute Gasteiger partial charge is 0.256 e. The Morgan fingerprint density at radius 1 is 0.806 bits per heavy atom. The minimum absolute atomic E-state index is 0.0171. The molecule has 7 heteroatoms. The molecule has 0 atom stereocenters. The number of rotatable bonds is 7. The van der Waals surface area contributed by atoms with Crippen LogP contribution >= 0.6 is 0 Å². The first-order chi connectivity index (χ1) is 17.2. The molecule has 1 nitrogen and oxygen atoms in total. The summed E-state index contributed by atoms with van der Waals surface area (Å²) < 4.78 is 81.2. The SMILES string of the molecule is C/C=C/CCc1ccc(-c2ccc3c(F)c(CCc4cc(F)c(C(F)(F)F)c(F)c4)ccc3c2)nc1. The Balaban J connectivity index is 1.52. The van der Waals surface area contributed by atoms with Crippen LogP contribution in [0.4, 0.5) is 26.3 Å². The topological polar surface area (TPSA) is 12.9 Å². The van der Waals surface area contributed by atoms with Crippen molar-refractivity contribution >= 4 is 10.8 Å². The van der Waals surface area contributed by atoms with Crippen LogP contribution in [0.3, 0.4) is 0 Å². The zero-order valence-corrected chi connectivity index (χ0v) is 19.5. The molecule has 0 bridgehead atoms. The summed E-state index contributed by atoms with van der Waals surface area (Å²) in [7, 11) is 0. The highest BCUT2D eigenvalue weighted by molar-refractivity contribution is 5.88. The second-order valence-electron chi connectivity index (χ2n) is 8.57. The van der Waals surface area contributed by atoms with Crippen LogP contribution in [0.15, 0.2) is 72.9 Å². The molecule has 0 amide bonds. The average Bonchev–Trinajstić information content (AvgIpc) is 2.83. The van der Waals surface area contributed by atoms with Crippen molar-refractivity contribution in [3.63, 3.8) is 0 Å². The first-order valence-electron chi connectivity index (χ1n) is 11.5. The van der Waals surface area contributed by atoms with Crippen molar-refractivity contribution in [3.05, 3.63) is 113 Å². The highest BCUT2D eigenvalue weighted by Crippen LogP contribution is 2.34. The molecule has 0 aliphatic heterocycles. The number of alkyl halides is 3. The summed E-state index contributed by atoms with van der Waals surface area (Å²) in [6, 6.07) is 13.8. The fraction of sp³-hybridized carbons (Fsp3) is 0.207. The highest BCUT2D eigenvalue weighted by Gasteiger charge is 2.37. The summed E-state index contributed by atoms with van der Waals surface area (Å²) in [6.45, 7) is 1.98. The summed E-state index contributed by atoms with van der Waals surface area (Å²) in [5.74, 6) is -3.83. The van der Waals surface area contributed by atoms with Crippen LogP contribution < -0.4 is 0 Å². The number of allylic oxidation sites excluding steroid dienone is 2. The third-order valence-corrected chi connectivity index (χ3v) is 6.06. The van der Waals surface area contributed by atoms with Crippen LogP contribution in [-0.4, -0.2) is 4.98 Å². The Morgan fingerprint density at radius 3 is 2.19 bits per heavy atom. The van der Waals surface area contributed by atoms with Crippen LogP contribution in [0.2, 0.25) is 0 Å². The maximum absolute atomic E-state index is 15.2. The van der Waals surface area contributed by atoms with Crippen LogP contribution in [0.1, 0.15) is 35.6 Å². The van der Waals surface area contributed by atoms with Gasteiger partial charge in [-0.3, -0.25) is 4.98 Å². The first-order valence-corrected chi connectivity index (χ1v) is 11.5. The average molecular weight is 499 g/mol. The lowest BCUT2D eigenvalue weighted by atomic mass is 9.97. The maximum atomic E-state index is 15.2. The van der Waals surface area contributed by atoms with Crippen molar-refractivity contribution < 1.29 is 26.3 Å². The van der Waals surface area contributed by atoms with E-state index in [4.69, 9.17) is 0 Å². The number of fused-ring (bicyclic) bond motifs is 1. The third-order valence-electron chi connectivity index (χ3n) is 6.06. The molecule has 4 aromatic rings. The van der Waals surface area contributed by atoms with Crippen LogP contribution in [0.5, 0.6) is 0 Å². The van der Waals surface area contributed by atoms with Gasteiger partial charge >= 0.3 is 6.18 Å². The molecule has 186 valence electrons. The minimum Gasteiger partial charge on any atom is -0.256 e. The van der Waals surface area contributed by atoms with Gasteiger partial charge in [0.15, 0.2) is 0 Å². The molecule has 36 heavy (non-hydrogen) atoms. The molecule has 0 N–H and O–H groups in total. The lowest BCUT2D eigenvalue weighted by molar-refractivity contribution is -0.142. The Kier molecular flexibility index (Phi) is 7.48. The Hall–Kier alpha value is -3.61. The molecule has 0 saturated heterocycles. The minimum atomic E-state index is -5.13. The van der Waals surface area contributed by atoms with Gasteiger partial charge in [0.25, 0.3) is 0 Å². The van der Waals surface area contributed by atoms with E-state index in [2.05, 4.69) is 11.1 Å². The lowest BCUT2D eigenvalue weighted by Gasteiger charge is -2.12. The molecular weight excluding hydrogens is 476 g/mol. The summed E-state index contributed by atoms with van der Waals surface area (Å²) in [4.78, 5) is 4.52. The van der Waals surface area contributed by atoms with E-state index in [1.165, 1.54) is 0 Å². The molecule has 0 unspecified atom stereocenters. The number of nitrogens with zero attached hydrogens (tertiary/aromatic N) is 1. The highest BCUT2D eigenvalue weighted by atomic mass is 19.4. The number of aromatic nitrogens is 1. The predicted molar refractivity (Wildman–Crippen MR) is 129 cm³/mol. The number of benzene rings is 3. The summed E-state index contributed by atoms with van der Waals surface area (Å²) >= 11 is 0. The zero-order valence-electron chi connectivity index (χ0n) is 19.5. The second-order valence-corrected chi connectivity index (χ2v) is 8.57. The van der Waals surface area contributed by atoms with Gasteiger partial charge < -0.3 is 0 Å². The molecule has 1 aromatic heterocycles. The number of hydrogen-bond acceptors (Lipinski definition) is 1. The molecule has 0 radical (unpaired) electrons. The van der Waals surface area contributed by atoms with Gasteiger partial charge in [0.2, 0.25) is 0 Å². The van der Waals surface area contributed by atoms with Crippen LogP contribution in [-0.2, 0) is 25.4 Å². The van der Waals surface area contributed by atoms with Crippen LogP contribution in [0, 0.1) is 17.5 Å². The molecule has 0 aliphatic carbocycles. The van der Waals surface area contributed by atoms with Gasteiger partial charge in [0.05, 0.1) is 5.69 Å². The van der Waals surface area contributed by atoms with Crippen molar-refractivity contribution in [1.82, 2.24) is 4.98 Å². The van der Waals surface area contributed by atoms with Gasteiger partial charge in [-0.15, -0.1) is 0 Å². The Bertz CT molecular complexity index is 1380. The van der Waals surface area contributed by atoms with Gasteiger partial charge in [-0.05, 0) is 78.9 Å². The van der Waals surface area contributed by atoms with Gasteiger partial charge in [0, 0.05) is 17.1 Å². The number of pyridine rings is 1. The third kappa shape index (κ3) is 5.61. The van der Waals surface area contributed by atoms with Crippen molar-refractivity contribution in [2.75, 3.05) is 0 Å². The molecule has 3 aromatic carbocycles. The molecule has 1 heterocycles. The number of hydrogen-bond donors (Lipinski definition) is 0. The maximum Gasteiger partial charge on any atom is 0.422 e. The van der Waals surface area contributed by atoms with E-state index < -0.39 is 29.2 Å². The van der Waals surface area contributed by atoms with E-state index in [1.807, 2.05) is 37.4 Å². The van der Waals surface area contributed by atoms with E-state index in [-0.39, 0.29) is 18.4 Å². The lowest BCUT2D eigenvalue weighted by Crippen LogP contribution is -2.12. The fourth-order valence-electron chi connectivity index (χ4n) is 4.17. The standard InChI is InChI=1S/C29H23F6N/c1-2-3-4-5-18-7-13-26(36-17-18)22-11-12-23-21(16-22)10-9-20(28(23)32)8-6-19-14-24(30)27(25(31)15-19)29(33,34)35/h2-3,7,9-17H,4-6,8H2,1H3/b3-2+.